The Labute approximate surface area is 173 Å². The Morgan fingerprint density at radius 2 is 1.69 bits per heavy atom. The monoisotopic (exact) mass is 455 g/mol. The predicted molar refractivity (Wildman–Crippen MR) is 109 cm³/mol. The second-order valence-electron chi connectivity index (χ2n) is 6.68. The van der Waals surface area contributed by atoms with E-state index in [1.165, 1.54) is 22.5 Å². The molecule has 0 bridgehead atoms. The van der Waals surface area contributed by atoms with Gasteiger partial charge in [0.15, 0.2) is 5.58 Å². The van der Waals surface area contributed by atoms with Crippen molar-refractivity contribution in [1.29, 1.82) is 0 Å². The summed E-state index contributed by atoms with van der Waals surface area (Å²) in [5, 5.41) is 0.441. The second-order valence-corrected chi connectivity index (χ2v) is 10.7. The van der Waals surface area contributed by atoms with Crippen LogP contribution in [0.2, 0.25) is 5.02 Å². The molecule has 1 fully saturated rings. The highest BCUT2D eigenvalue weighted by molar-refractivity contribution is 7.92. The van der Waals surface area contributed by atoms with E-state index in [0.29, 0.717) is 29.2 Å². The third-order valence-electron chi connectivity index (χ3n) is 4.64. The van der Waals surface area contributed by atoms with Gasteiger partial charge in [0.1, 0.15) is 5.52 Å². The van der Waals surface area contributed by atoms with Crippen LogP contribution in [0.15, 0.2) is 56.7 Å². The molecule has 0 aliphatic carbocycles. The van der Waals surface area contributed by atoms with Crippen molar-refractivity contribution in [3.63, 3.8) is 0 Å². The van der Waals surface area contributed by atoms with Crippen LogP contribution < -0.4 is 4.72 Å². The fraction of sp³-hybridized carbons (Fsp3) is 0.278. The van der Waals surface area contributed by atoms with Crippen molar-refractivity contribution in [2.24, 2.45) is 0 Å². The predicted octanol–water partition coefficient (Wildman–Crippen LogP) is 3.46. The minimum absolute atomic E-state index is 0.0633. The third-order valence-corrected chi connectivity index (χ3v) is 8.09. The summed E-state index contributed by atoms with van der Waals surface area (Å²) in [6, 6.07) is 9.75. The molecule has 0 spiro atoms. The summed E-state index contributed by atoms with van der Waals surface area (Å²) < 4.78 is 60.2. The molecule has 2 aromatic carbocycles. The smallest absolute Gasteiger partial charge is 0.309 e. The van der Waals surface area contributed by atoms with Crippen LogP contribution in [-0.4, -0.2) is 39.2 Å². The Morgan fingerprint density at radius 3 is 2.45 bits per heavy atom. The first-order chi connectivity index (χ1) is 13.8. The number of piperidine rings is 1. The zero-order valence-electron chi connectivity index (χ0n) is 15.2. The van der Waals surface area contributed by atoms with Crippen LogP contribution in [0.25, 0.3) is 11.1 Å². The van der Waals surface area contributed by atoms with Gasteiger partial charge in [-0.05, 0) is 49.2 Å². The maximum atomic E-state index is 12.8. The van der Waals surface area contributed by atoms with Gasteiger partial charge in [0, 0.05) is 18.1 Å². The first-order valence-electron chi connectivity index (χ1n) is 8.95. The number of hydrogen-bond donors (Lipinski definition) is 1. The first-order valence-corrected chi connectivity index (χ1v) is 12.2. The Bertz CT molecular complexity index is 1270. The molecule has 1 aliphatic rings. The van der Waals surface area contributed by atoms with Crippen molar-refractivity contribution in [3.05, 3.63) is 47.5 Å². The summed E-state index contributed by atoms with van der Waals surface area (Å²) in [7, 11) is -7.86. The van der Waals surface area contributed by atoms with Gasteiger partial charge in [-0.1, -0.05) is 24.1 Å². The van der Waals surface area contributed by atoms with Crippen LogP contribution in [0, 0.1) is 0 Å². The van der Waals surface area contributed by atoms with Crippen molar-refractivity contribution in [1.82, 2.24) is 9.29 Å². The molecule has 1 aromatic heterocycles. The van der Waals surface area contributed by atoms with Gasteiger partial charge in [-0.2, -0.15) is 9.29 Å². The maximum Gasteiger partial charge on any atom is 0.309 e. The number of anilines is 1. The molecule has 154 valence electrons. The van der Waals surface area contributed by atoms with Gasteiger partial charge in [-0.15, -0.1) is 0 Å². The SMILES string of the molecule is O=S(=O)(Nc1nc2cc(Cl)ccc2o1)c1cccc(S(=O)(=O)N2CCCCC2)c1. The summed E-state index contributed by atoms with van der Waals surface area (Å²) in [4.78, 5) is 3.80. The fourth-order valence-electron chi connectivity index (χ4n) is 3.17. The van der Waals surface area contributed by atoms with E-state index < -0.39 is 20.0 Å². The Hall–Kier alpha value is -2.14. The molecule has 2 heterocycles. The van der Waals surface area contributed by atoms with Crippen molar-refractivity contribution in [3.8, 4) is 0 Å². The molecule has 3 aromatic rings. The van der Waals surface area contributed by atoms with Gasteiger partial charge in [0.25, 0.3) is 10.0 Å². The number of nitrogens with one attached hydrogen (secondary N) is 1. The van der Waals surface area contributed by atoms with Crippen molar-refractivity contribution >= 4 is 48.8 Å². The molecule has 4 rings (SSSR count). The topological polar surface area (TPSA) is 110 Å². The summed E-state index contributed by atoms with van der Waals surface area (Å²) in [6.45, 7) is 0.867. The number of nitrogens with zero attached hydrogens (tertiary/aromatic N) is 2. The Kier molecular flexibility index (Phi) is 5.28. The van der Waals surface area contributed by atoms with Gasteiger partial charge in [0.2, 0.25) is 10.0 Å². The molecule has 0 atom stereocenters. The van der Waals surface area contributed by atoms with E-state index in [9.17, 15) is 16.8 Å². The van der Waals surface area contributed by atoms with Crippen LogP contribution in [0.5, 0.6) is 0 Å². The third kappa shape index (κ3) is 4.11. The van der Waals surface area contributed by atoms with E-state index in [4.69, 9.17) is 16.0 Å². The number of benzene rings is 2. The molecule has 0 amide bonds. The largest absolute Gasteiger partial charge is 0.423 e. The lowest BCUT2D eigenvalue weighted by atomic mass is 10.2. The fourth-order valence-corrected chi connectivity index (χ4v) is 5.95. The highest BCUT2D eigenvalue weighted by Gasteiger charge is 2.27. The minimum atomic E-state index is -4.11. The van der Waals surface area contributed by atoms with Gasteiger partial charge in [0.05, 0.1) is 9.79 Å². The van der Waals surface area contributed by atoms with Crippen LogP contribution in [0.4, 0.5) is 6.01 Å². The molecule has 1 N–H and O–H groups in total. The summed E-state index contributed by atoms with van der Waals surface area (Å²) in [5.74, 6) is 0. The maximum absolute atomic E-state index is 12.8. The zero-order chi connectivity index (χ0) is 20.6. The van der Waals surface area contributed by atoms with Crippen LogP contribution in [-0.2, 0) is 20.0 Å². The zero-order valence-corrected chi connectivity index (χ0v) is 17.6. The van der Waals surface area contributed by atoms with Crippen LogP contribution in [0.3, 0.4) is 0 Å². The van der Waals surface area contributed by atoms with E-state index in [1.807, 2.05) is 0 Å². The Morgan fingerprint density at radius 1 is 0.966 bits per heavy atom. The molecule has 29 heavy (non-hydrogen) atoms. The average Bonchev–Trinajstić information content (AvgIpc) is 3.09. The van der Waals surface area contributed by atoms with Crippen molar-refractivity contribution < 1.29 is 21.3 Å². The number of sulfonamides is 2. The molecule has 0 radical (unpaired) electrons. The molecule has 8 nitrogen and oxygen atoms in total. The lowest BCUT2D eigenvalue weighted by molar-refractivity contribution is 0.346. The van der Waals surface area contributed by atoms with Gasteiger partial charge in [-0.3, -0.25) is 0 Å². The summed E-state index contributed by atoms with van der Waals surface area (Å²) in [6.07, 6.45) is 2.57. The number of halogens is 1. The number of fused-ring (bicyclic) bond motifs is 1. The minimum Gasteiger partial charge on any atom is -0.423 e. The van der Waals surface area contributed by atoms with E-state index >= 15 is 0 Å². The number of oxazole rings is 1. The summed E-state index contributed by atoms with van der Waals surface area (Å²) in [5.41, 5.74) is 0.769. The van der Waals surface area contributed by atoms with E-state index in [-0.39, 0.29) is 15.8 Å². The lowest BCUT2D eigenvalue weighted by Gasteiger charge is -2.26. The van der Waals surface area contributed by atoms with E-state index in [0.717, 1.165) is 25.3 Å². The highest BCUT2D eigenvalue weighted by Crippen LogP contribution is 2.26. The number of hydrogen-bond acceptors (Lipinski definition) is 6. The molecule has 0 unspecified atom stereocenters. The summed E-state index contributed by atoms with van der Waals surface area (Å²) >= 11 is 5.90. The van der Waals surface area contributed by atoms with Crippen LogP contribution >= 0.6 is 11.6 Å². The van der Waals surface area contributed by atoms with Gasteiger partial charge < -0.3 is 4.42 Å². The molecular formula is C18H18ClN3O5S2. The molecule has 11 heteroatoms. The molecule has 1 aliphatic heterocycles. The van der Waals surface area contributed by atoms with E-state index in [2.05, 4.69) is 9.71 Å². The standard InChI is InChI=1S/C18H18ClN3O5S2/c19-13-7-8-17-16(11-13)20-18(27-17)21-28(23,24)14-5-4-6-15(12-14)29(25,26)22-9-2-1-3-10-22/h4-8,11-12H,1-3,9-10H2,(H,20,21). The average molecular weight is 456 g/mol. The van der Waals surface area contributed by atoms with Gasteiger partial charge in [-0.25, -0.2) is 21.6 Å². The first kappa shape index (κ1) is 20.1. The normalized spacial score (nSPS) is 16.2. The number of aromatic nitrogens is 1. The van der Waals surface area contributed by atoms with E-state index in [1.54, 1.807) is 18.2 Å². The number of rotatable bonds is 5. The highest BCUT2D eigenvalue weighted by atomic mass is 35.5. The second kappa shape index (κ2) is 7.60. The van der Waals surface area contributed by atoms with Crippen molar-refractivity contribution in [2.45, 2.75) is 29.1 Å². The van der Waals surface area contributed by atoms with Gasteiger partial charge >= 0.3 is 6.01 Å². The Balaban J connectivity index is 1.63. The molecular weight excluding hydrogens is 438 g/mol. The molecule has 1 saturated heterocycles. The quantitative estimate of drug-likeness (QED) is 0.630. The lowest BCUT2D eigenvalue weighted by Crippen LogP contribution is -2.35. The van der Waals surface area contributed by atoms with Crippen molar-refractivity contribution in [2.75, 3.05) is 17.8 Å². The molecule has 0 saturated carbocycles. The van der Waals surface area contributed by atoms with Crippen LogP contribution in [0.1, 0.15) is 19.3 Å².